The molecule has 0 N–H and O–H groups in total. The fourth-order valence-corrected chi connectivity index (χ4v) is 7.65. The van der Waals surface area contributed by atoms with Gasteiger partial charge in [0.2, 0.25) is 0 Å². The van der Waals surface area contributed by atoms with Gasteiger partial charge in [-0.15, -0.1) is 0 Å². The van der Waals surface area contributed by atoms with Crippen molar-refractivity contribution in [2.45, 2.75) is 0 Å². The second kappa shape index (κ2) is 8.65. The molecule has 46 heavy (non-hydrogen) atoms. The molecule has 5 heteroatoms. The van der Waals surface area contributed by atoms with Crippen LogP contribution < -0.4 is 0 Å². The quantitative estimate of drug-likeness (QED) is 0.202. The molecule has 0 aliphatic heterocycles. The maximum absolute atomic E-state index is 7.06. The van der Waals surface area contributed by atoms with Crippen molar-refractivity contribution in [1.82, 2.24) is 14.1 Å². The van der Waals surface area contributed by atoms with Gasteiger partial charge < -0.3 is 18.0 Å². The normalized spacial score (nSPS) is 12.3. The number of hydrogen-bond donors (Lipinski definition) is 0. The third-order valence-corrected chi connectivity index (χ3v) is 9.56. The Hall–Kier alpha value is -6.33. The van der Waals surface area contributed by atoms with Crippen LogP contribution in [0.3, 0.4) is 0 Å². The molecular weight excluding hydrogens is 566 g/mol. The van der Waals surface area contributed by atoms with Crippen LogP contribution in [0.4, 0.5) is 0 Å². The Morgan fingerprint density at radius 1 is 0.413 bits per heavy atom. The monoisotopic (exact) mass is 589 g/mol. The van der Waals surface area contributed by atoms with Crippen LogP contribution in [0.5, 0.6) is 0 Å². The highest BCUT2D eigenvalue weighted by Crippen LogP contribution is 2.45. The first-order valence-corrected chi connectivity index (χ1v) is 15.5. The standard InChI is InChI=1S/C41H23N3O2/c1-2-9-24(10-3-1)43-31-13-6-4-11-28(31)37-33(43)19-17-26-27-18-20-34-38(41(27)46-40(26)37)29-12-5-7-14-32(29)44(34)25-16-21-35-30(23-25)39-36(45-35)15-8-22-42-39/h1-23H. The van der Waals surface area contributed by atoms with E-state index in [0.29, 0.717) is 0 Å². The van der Waals surface area contributed by atoms with E-state index in [9.17, 15) is 0 Å². The van der Waals surface area contributed by atoms with Gasteiger partial charge in [0.05, 0.1) is 32.8 Å². The summed E-state index contributed by atoms with van der Waals surface area (Å²) in [5, 5.41) is 7.81. The van der Waals surface area contributed by atoms with Gasteiger partial charge in [-0.3, -0.25) is 4.98 Å². The molecule has 0 fully saturated rings. The van der Waals surface area contributed by atoms with Gasteiger partial charge in [-0.2, -0.15) is 0 Å². The zero-order chi connectivity index (χ0) is 29.9. The summed E-state index contributed by atoms with van der Waals surface area (Å²) in [5.41, 5.74) is 11.0. The van der Waals surface area contributed by atoms with E-state index < -0.39 is 0 Å². The molecule has 6 aromatic carbocycles. The van der Waals surface area contributed by atoms with Gasteiger partial charge in [0.15, 0.2) is 5.58 Å². The van der Waals surface area contributed by atoms with E-state index in [-0.39, 0.29) is 0 Å². The minimum atomic E-state index is 0.792. The van der Waals surface area contributed by atoms with Crippen molar-refractivity contribution >= 4 is 87.6 Å². The van der Waals surface area contributed by atoms with Gasteiger partial charge in [0.25, 0.3) is 0 Å². The Morgan fingerprint density at radius 2 is 1.04 bits per heavy atom. The van der Waals surface area contributed by atoms with Crippen LogP contribution in [0.2, 0.25) is 0 Å². The molecule has 0 aliphatic rings. The van der Waals surface area contributed by atoms with Gasteiger partial charge in [0.1, 0.15) is 22.3 Å². The molecule has 0 atom stereocenters. The highest BCUT2D eigenvalue weighted by molar-refractivity contribution is 6.29. The summed E-state index contributed by atoms with van der Waals surface area (Å²) < 4.78 is 17.8. The average molecular weight is 590 g/mol. The third kappa shape index (κ3) is 3.01. The predicted molar refractivity (Wildman–Crippen MR) is 187 cm³/mol. The Morgan fingerprint density at radius 3 is 1.74 bits per heavy atom. The largest absolute Gasteiger partial charge is 0.455 e. The lowest BCUT2D eigenvalue weighted by molar-refractivity contribution is 0.668. The summed E-state index contributed by atoms with van der Waals surface area (Å²) in [6, 6.07) is 46.9. The summed E-state index contributed by atoms with van der Waals surface area (Å²) in [6.45, 7) is 0. The number of benzene rings is 6. The number of aromatic nitrogens is 3. The highest BCUT2D eigenvalue weighted by atomic mass is 16.3. The molecular formula is C41H23N3O2. The van der Waals surface area contributed by atoms with E-state index >= 15 is 0 Å². The van der Waals surface area contributed by atoms with Gasteiger partial charge in [-0.05, 0) is 78.9 Å². The zero-order valence-corrected chi connectivity index (χ0v) is 24.4. The summed E-state index contributed by atoms with van der Waals surface area (Å²) in [6.07, 6.45) is 1.82. The van der Waals surface area contributed by atoms with Crippen molar-refractivity contribution in [2.24, 2.45) is 0 Å². The molecule has 0 radical (unpaired) electrons. The molecule has 11 aromatic rings. The number of nitrogens with zero attached hydrogens (tertiary/aromatic N) is 3. The molecule has 214 valence electrons. The summed E-state index contributed by atoms with van der Waals surface area (Å²) in [7, 11) is 0. The van der Waals surface area contributed by atoms with E-state index in [1.165, 1.54) is 5.39 Å². The molecule has 11 rings (SSSR count). The topological polar surface area (TPSA) is 49.0 Å². The summed E-state index contributed by atoms with van der Waals surface area (Å²) in [4.78, 5) is 4.63. The first-order chi connectivity index (χ1) is 22.8. The number of rotatable bonds is 2. The van der Waals surface area contributed by atoms with Gasteiger partial charge in [-0.1, -0.05) is 54.6 Å². The lowest BCUT2D eigenvalue weighted by Gasteiger charge is -2.08. The molecule has 5 nitrogen and oxygen atoms in total. The summed E-state index contributed by atoms with van der Waals surface area (Å²) >= 11 is 0. The van der Waals surface area contributed by atoms with Crippen LogP contribution in [0, 0.1) is 0 Å². The number of fused-ring (bicyclic) bond motifs is 14. The second-order valence-electron chi connectivity index (χ2n) is 11.9. The molecule has 0 spiro atoms. The van der Waals surface area contributed by atoms with Gasteiger partial charge in [-0.25, -0.2) is 0 Å². The number of hydrogen-bond acceptors (Lipinski definition) is 3. The van der Waals surface area contributed by atoms with Crippen molar-refractivity contribution in [2.75, 3.05) is 0 Å². The van der Waals surface area contributed by atoms with Crippen LogP contribution in [0.15, 0.2) is 148 Å². The molecule has 0 unspecified atom stereocenters. The zero-order valence-electron chi connectivity index (χ0n) is 24.4. The lowest BCUT2D eigenvalue weighted by Crippen LogP contribution is -1.93. The first-order valence-electron chi connectivity index (χ1n) is 15.5. The second-order valence-corrected chi connectivity index (χ2v) is 11.9. The Kier molecular flexibility index (Phi) is 4.52. The van der Waals surface area contributed by atoms with E-state index in [4.69, 9.17) is 8.83 Å². The minimum Gasteiger partial charge on any atom is -0.455 e. The molecule has 0 amide bonds. The molecule has 0 saturated heterocycles. The van der Waals surface area contributed by atoms with Crippen LogP contribution in [0.25, 0.3) is 99.0 Å². The number of pyridine rings is 1. The Labute approximate surface area is 261 Å². The van der Waals surface area contributed by atoms with Gasteiger partial charge >= 0.3 is 0 Å². The number of para-hydroxylation sites is 3. The van der Waals surface area contributed by atoms with E-state index in [2.05, 4.69) is 129 Å². The molecule has 0 aliphatic carbocycles. The minimum absolute atomic E-state index is 0.792. The van der Waals surface area contributed by atoms with Crippen molar-refractivity contribution in [3.05, 3.63) is 140 Å². The van der Waals surface area contributed by atoms with Crippen molar-refractivity contribution in [1.29, 1.82) is 0 Å². The molecule has 0 saturated carbocycles. The Bertz CT molecular complexity index is 3030. The predicted octanol–water partition coefficient (Wildman–Crippen LogP) is 11.1. The van der Waals surface area contributed by atoms with E-state index in [1.54, 1.807) is 0 Å². The highest BCUT2D eigenvalue weighted by Gasteiger charge is 2.22. The van der Waals surface area contributed by atoms with Crippen LogP contribution in [-0.2, 0) is 0 Å². The van der Waals surface area contributed by atoms with E-state index in [0.717, 1.165) is 93.6 Å². The Balaban J connectivity index is 1.26. The maximum atomic E-state index is 7.06. The van der Waals surface area contributed by atoms with E-state index in [1.807, 2.05) is 24.4 Å². The fourth-order valence-electron chi connectivity index (χ4n) is 7.65. The molecule has 0 bridgehead atoms. The van der Waals surface area contributed by atoms with Crippen LogP contribution in [0.1, 0.15) is 0 Å². The number of furan rings is 2. The van der Waals surface area contributed by atoms with Crippen molar-refractivity contribution < 1.29 is 8.83 Å². The first kappa shape index (κ1) is 24.0. The summed E-state index contributed by atoms with van der Waals surface area (Å²) in [5.74, 6) is 0. The average Bonchev–Trinajstić information content (AvgIpc) is 3.85. The molecule has 5 heterocycles. The van der Waals surface area contributed by atoms with Crippen molar-refractivity contribution in [3.63, 3.8) is 0 Å². The fraction of sp³-hybridized carbons (Fsp3) is 0. The smallest absolute Gasteiger partial charge is 0.153 e. The third-order valence-electron chi connectivity index (χ3n) is 9.56. The maximum Gasteiger partial charge on any atom is 0.153 e. The van der Waals surface area contributed by atoms with Crippen molar-refractivity contribution in [3.8, 4) is 11.4 Å². The van der Waals surface area contributed by atoms with Crippen LogP contribution >= 0.6 is 0 Å². The SMILES string of the molecule is c1ccc(-n2c3ccccc3c3c4oc5c(ccc6c5c5ccccc5n6-c5ccc6oc7cccnc7c6c5)c4ccc32)cc1. The lowest BCUT2D eigenvalue weighted by atomic mass is 10.1. The van der Waals surface area contributed by atoms with Gasteiger partial charge in [0, 0.05) is 44.5 Å². The van der Waals surface area contributed by atoms with Crippen LogP contribution in [-0.4, -0.2) is 14.1 Å². The molecule has 5 aromatic heterocycles.